The van der Waals surface area contributed by atoms with E-state index in [2.05, 4.69) is 5.32 Å². The lowest BCUT2D eigenvalue weighted by Gasteiger charge is -2.09. The van der Waals surface area contributed by atoms with Gasteiger partial charge in [-0.1, -0.05) is 0 Å². The van der Waals surface area contributed by atoms with Crippen molar-refractivity contribution in [1.82, 2.24) is 5.32 Å². The highest BCUT2D eigenvalue weighted by Crippen LogP contribution is 2.13. The molecule has 0 radical (unpaired) electrons. The number of hydrogen-bond acceptors (Lipinski definition) is 3. The van der Waals surface area contributed by atoms with Gasteiger partial charge in [-0.25, -0.2) is 4.39 Å². The first-order valence-electron chi connectivity index (χ1n) is 7.08. The minimum Gasteiger partial charge on any atom is -0.490 e. The van der Waals surface area contributed by atoms with Gasteiger partial charge in [0.1, 0.15) is 30.5 Å². The van der Waals surface area contributed by atoms with Crippen molar-refractivity contribution >= 4 is 5.91 Å². The molecule has 0 heterocycles. The van der Waals surface area contributed by atoms with Crippen LogP contribution in [0.3, 0.4) is 0 Å². The Morgan fingerprint density at radius 1 is 0.955 bits per heavy atom. The molecule has 5 heteroatoms. The van der Waals surface area contributed by atoms with Crippen LogP contribution in [0.1, 0.15) is 17.3 Å². The lowest BCUT2D eigenvalue weighted by molar-refractivity contribution is 0.0955. The minimum absolute atomic E-state index is 0.103. The largest absolute Gasteiger partial charge is 0.490 e. The number of carbonyl (C=O) groups excluding carboxylic acids is 1. The van der Waals surface area contributed by atoms with Gasteiger partial charge in [0.2, 0.25) is 0 Å². The maximum absolute atomic E-state index is 12.7. The van der Waals surface area contributed by atoms with Crippen molar-refractivity contribution in [2.75, 3.05) is 19.8 Å². The zero-order valence-electron chi connectivity index (χ0n) is 12.3. The lowest BCUT2D eigenvalue weighted by Crippen LogP contribution is -2.22. The molecule has 0 unspecified atom stereocenters. The van der Waals surface area contributed by atoms with Crippen LogP contribution in [0.25, 0.3) is 0 Å². The summed E-state index contributed by atoms with van der Waals surface area (Å²) in [5, 5.41) is 2.73. The van der Waals surface area contributed by atoms with Crippen LogP contribution in [0.5, 0.6) is 11.5 Å². The molecule has 0 fully saturated rings. The second-order valence-electron chi connectivity index (χ2n) is 4.53. The summed E-state index contributed by atoms with van der Waals surface area (Å²) in [6.45, 7) is 3.18. The van der Waals surface area contributed by atoms with Gasteiger partial charge < -0.3 is 14.8 Å². The van der Waals surface area contributed by atoms with Crippen LogP contribution in [0.15, 0.2) is 48.5 Å². The minimum atomic E-state index is -0.296. The van der Waals surface area contributed by atoms with Crippen molar-refractivity contribution in [3.05, 3.63) is 59.9 Å². The summed E-state index contributed by atoms with van der Waals surface area (Å²) in [6.07, 6.45) is 0. The number of carbonyl (C=O) groups is 1. The first kappa shape index (κ1) is 15.8. The highest BCUT2D eigenvalue weighted by Gasteiger charge is 2.03. The highest BCUT2D eigenvalue weighted by atomic mass is 19.1. The summed E-state index contributed by atoms with van der Waals surface area (Å²) in [7, 11) is 0. The summed E-state index contributed by atoms with van der Waals surface area (Å²) in [5.41, 5.74) is 0.594. The second-order valence-corrected chi connectivity index (χ2v) is 4.53. The van der Waals surface area contributed by atoms with Gasteiger partial charge >= 0.3 is 0 Å². The third kappa shape index (κ3) is 4.77. The van der Waals surface area contributed by atoms with Crippen molar-refractivity contribution in [2.45, 2.75) is 6.92 Å². The Morgan fingerprint density at radius 2 is 1.45 bits per heavy atom. The van der Waals surface area contributed by atoms with Gasteiger partial charge in [0, 0.05) is 12.1 Å². The molecule has 22 heavy (non-hydrogen) atoms. The number of amides is 1. The number of hydrogen-bond donors (Lipinski definition) is 1. The van der Waals surface area contributed by atoms with E-state index in [0.29, 0.717) is 36.8 Å². The Labute approximate surface area is 128 Å². The molecule has 0 aliphatic carbocycles. The van der Waals surface area contributed by atoms with Gasteiger partial charge in [-0.15, -0.1) is 0 Å². The monoisotopic (exact) mass is 303 g/mol. The molecular formula is C17H18FNO3. The van der Waals surface area contributed by atoms with Crippen molar-refractivity contribution in [3.63, 3.8) is 0 Å². The predicted molar refractivity (Wildman–Crippen MR) is 81.8 cm³/mol. The van der Waals surface area contributed by atoms with Gasteiger partial charge in [0.05, 0.1) is 0 Å². The quantitative estimate of drug-likeness (QED) is 0.800. The molecule has 0 saturated carbocycles. The fourth-order valence-corrected chi connectivity index (χ4v) is 1.82. The highest BCUT2D eigenvalue weighted by molar-refractivity contribution is 5.94. The summed E-state index contributed by atoms with van der Waals surface area (Å²) in [5.74, 6) is 0.858. The summed E-state index contributed by atoms with van der Waals surface area (Å²) in [6, 6.07) is 12.7. The van der Waals surface area contributed by atoms with Crippen LogP contribution < -0.4 is 14.8 Å². The molecule has 116 valence electrons. The SMILES string of the molecule is CCNC(=O)c1ccc(OCCOc2ccc(F)cc2)cc1. The molecule has 4 nitrogen and oxygen atoms in total. The summed E-state index contributed by atoms with van der Waals surface area (Å²) >= 11 is 0. The number of halogens is 1. The van der Waals surface area contributed by atoms with E-state index in [0.717, 1.165) is 0 Å². The lowest BCUT2D eigenvalue weighted by atomic mass is 10.2. The molecule has 1 N–H and O–H groups in total. The first-order chi connectivity index (χ1) is 10.7. The fourth-order valence-electron chi connectivity index (χ4n) is 1.82. The van der Waals surface area contributed by atoms with Crippen molar-refractivity contribution in [1.29, 1.82) is 0 Å². The number of benzene rings is 2. The smallest absolute Gasteiger partial charge is 0.251 e. The van der Waals surface area contributed by atoms with Gasteiger partial charge in [0.15, 0.2) is 0 Å². The molecule has 2 rings (SSSR count). The fraction of sp³-hybridized carbons (Fsp3) is 0.235. The number of ether oxygens (including phenoxy) is 2. The Balaban J connectivity index is 1.75. The van der Waals surface area contributed by atoms with Crippen LogP contribution in [0.2, 0.25) is 0 Å². The molecule has 0 atom stereocenters. The van der Waals surface area contributed by atoms with E-state index in [1.54, 1.807) is 36.4 Å². The molecule has 2 aromatic rings. The Kier molecular flexibility index (Phi) is 5.77. The van der Waals surface area contributed by atoms with Crippen LogP contribution in [0.4, 0.5) is 4.39 Å². The average molecular weight is 303 g/mol. The van der Waals surface area contributed by atoms with Crippen LogP contribution >= 0.6 is 0 Å². The Bertz CT molecular complexity index is 596. The molecule has 0 aliphatic heterocycles. The van der Waals surface area contributed by atoms with Crippen molar-refractivity contribution < 1.29 is 18.7 Å². The van der Waals surface area contributed by atoms with E-state index in [-0.39, 0.29) is 11.7 Å². The summed E-state index contributed by atoms with van der Waals surface area (Å²) in [4.78, 5) is 11.6. The van der Waals surface area contributed by atoms with Crippen LogP contribution in [-0.4, -0.2) is 25.7 Å². The number of rotatable bonds is 7. The third-order valence-electron chi connectivity index (χ3n) is 2.89. The second kappa shape index (κ2) is 8.02. The topological polar surface area (TPSA) is 47.6 Å². The standard InChI is InChI=1S/C17H18FNO3/c1-2-19-17(20)13-3-7-15(8-4-13)21-11-12-22-16-9-5-14(18)6-10-16/h3-10H,2,11-12H2,1H3,(H,19,20). The molecule has 2 aromatic carbocycles. The Hall–Kier alpha value is -2.56. The zero-order chi connectivity index (χ0) is 15.8. The summed E-state index contributed by atoms with van der Waals surface area (Å²) < 4.78 is 23.7. The van der Waals surface area contributed by atoms with E-state index < -0.39 is 0 Å². The van der Waals surface area contributed by atoms with Crippen molar-refractivity contribution in [2.24, 2.45) is 0 Å². The molecule has 0 spiro atoms. The number of nitrogens with one attached hydrogen (secondary N) is 1. The molecule has 0 bridgehead atoms. The van der Waals surface area contributed by atoms with E-state index in [9.17, 15) is 9.18 Å². The maximum atomic E-state index is 12.7. The zero-order valence-corrected chi connectivity index (χ0v) is 12.3. The van der Waals surface area contributed by atoms with E-state index in [1.165, 1.54) is 12.1 Å². The first-order valence-corrected chi connectivity index (χ1v) is 7.08. The van der Waals surface area contributed by atoms with Gasteiger partial charge in [-0.3, -0.25) is 4.79 Å². The van der Waals surface area contributed by atoms with Crippen LogP contribution in [-0.2, 0) is 0 Å². The van der Waals surface area contributed by atoms with Gasteiger partial charge in [0.25, 0.3) is 5.91 Å². The third-order valence-corrected chi connectivity index (χ3v) is 2.89. The average Bonchev–Trinajstić information content (AvgIpc) is 2.54. The van der Waals surface area contributed by atoms with E-state index >= 15 is 0 Å². The van der Waals surface area contributed by atoms with Crippen LogP contribution in [0, 0.1) is 5.82 Å². The molecule has 0 aliphatic rings. The predicted octanol–water partition coefficient (Wildman–Crippen LogP) is 3.03. The van der Waals surface area contributed by atoms with E-state index in [1.807, 2.05) is 6.92 Å². The molecule has 0 saturated heterocycles. The van der Waals surface area contributed by atoms with Gasteiger partial charge in [-0.05, 0) is 55.5 Å². The van der Waals surface area contributed by atoms with Crippen molar-refractivity contribution in [3.8, 4) is 11.5 Å². The van der Waals surface area contributed by atoms with Gasteiger partial charge in [-0.2, -0.15) is 0 Å². The Morgan fingerprint density at radius 3 is 1.95 bits per heavy atom. The molecular weight excluding hydrogens is 285 g/mol. The molecule has 0 aromatic heterocycles. The normalized spacial score (nSPS) is 10.1. The van der Waals surface area contributed by atoms with E-state index in [4.69, 9.17) is 9.47 Å². The maximum Gasteiger partial charge on any atom is 0.251 e. The molecule has 1 amide bonds.